The lowest BCUT2D eigenvalue weighted by molar-refractivity contribution is -0.0207. The van der Waals surface area contributed by atoms with Crippen molar-refractivity contribution in [3.05, 3.63) is 12.0 Å². The Morgan fingerprint density at radius 1 is 1.47 bits per heavy atom. The van der Waals surface area contributed by atoms with E-state index in [1.165, 1.54) is 0 Å². The molecule has 2 aromatic rings. The van der Waals surface area contributed by atoms with E-state index in [1.807, 2.05) is 11.5 Å². The number of ether oxygens (including phenoxy) is 1. The molecule has 0 amide bonds. The fourth-order valence-electron chi connectivity index (χ4n) is 2.12. The maximum atomic E-state index is 9.05. The Morgan fingerprint density at radius 3 is 3.12 bits per heavy atom. The van der Waals surface area contributed by atoms with Crippen LogP contribution in [0.1, 0.15) is 24.8 Å². The first-order chi connectivity index (χ1) is 8.29. The zero-order valence-corrected chi connectivity index (χ0v) is 9.44. The summed E-state index contributed by atoms with van der Waals surface area (Å²) in [6.07, 6.45) is 3.18. The SMILES string of the molecule is Cc1nnnc2c1ncn2[C@H]1CC[C@@H](CO)O1. The minimum atomic E-state index is -0.117. The van der Waals surface area contributed by atoms with E-state index in [-0.39, 0.29) is 18.9 Å². The van der Waals surface area contributed by atoms with E-state index in [9.17, 15) is 0 Å². The molecule has 1 saturated heterocycles. The number of fused-ring (bicyclic) bond motifs is 1. The van der Waals surface area contributed by atoms with Gasteiger partial charge < -0.3 is 9.84 Å². The molecule has 3 heterocycles. The molecule has 2 atom stereocenters. The molecule has 0 unspecified atom stereocenters. The molecule has 0 bridgehead atoms. The minimum Gasteiger partial charge on any atom is -0.394 e. The van der Waals surface area contributed by atoms with Gasteiger partial charge in [-0.15, -0.1) is 10.2 Å². The van der Waals surface area contributed by atoms with Crippen molar-refractivity contribution in [2.24, 2.45) is 0 Å². The van der Waals surface area contributed by atoms with Crippen LogP contribution in [0.3, 0.4) is 0 Å². The number of aliphatic hydroxyl groups excluding tert-OH is 1. The molecule has 90 valence electrons. The molecule has 17 heavy (non-hydrogen) atoms. The summed E-state index contributed by atoms with van der Waals surface area (Å²) in [4.78, 5) is 4.27. The Hall–Kier alpha value is -1.60. The first-order valence-electron chi connectivity index (χ1n) is 5.58. The van der Waals surface area contributed by atoms with Crippen LogP contribution in [0.2, 0.25) is 0 Å². The van der Waals surface area contributed by atoms with E-state index in [0.717, 1.165) is 24.1 Å². The second kappa shape index (κ2) is 4.01. The summed E-state index contributed by atoms with van der Waals surface area (Å²) in [7, 11) is 0. The van der Waals surface area contributed by atoms with Gasteiger partial charge in [-0.1, -0.05) is 0 Å². The summed E-state index contributed by atoms with van der Waals surface area (Å²) in [5.74, 6) is 0. The van der Waals surface area contributed by atoms with Gasteiger partial charge in [0.15, 0.2) is 5.65 Å². The summed E-state index contributed by atoms with van der Waals surface area (Å²) >= 11 is 0. The first kappa shape index (κ1) is 10.5. The fraction of sp³-hybridized carbons (Fsp3) is 0.600. The standard InChI is InChI=1S/C10H13N5O2/c1-6-9-10(13-14-12-6)15(5-11-9)8-3-2-7(4-16)17-8/h5,7-8,16H,2-4H2,1H3/t7-,8+/m0/s1. The highest BCUT2D eigenvalue weighted by Crippen LogP contribution is 2.30. The van der Waals surface area contributed by atoms with Crippen molar-refractivity contribution < 1.29 is 9.84 Å². The molecule has 7 nitrogen and oxygen atoms in total. The molecule has 0 aromatic carbocycles. The molecule has 1 aliphatic rings. The predicted octanol–water partition coefficient (Wildman–Crippen LogP) is 0.200. The van der Waals surface area contributed by atoms with Crippen LogP contribution in [0.25, 0.3) is 11.2 Å². The van der Waals surface area contributed by atoms with Crippen molar-refractivity contribution in [2.75, 3.05) is 6.61 Å². The number of hydrogen-bond donors (Lipinski definition) is 1. The Kier molecular flexibility index (Phi) is 2.49. The van der Waals surface area contributed by atoms with Gasteiger partial charge in [0, 0.05) is 0 Å². The van der Waals surface area contributed by atoms with Crippen LogP contribution in [0.15, 0.2) is 6.33 Å². The van der Waals surface area contributed by atoms with E-state index in [2.05, 4.69) is 20.4 Å². The number of rotatable bonds is 2. The summed E-state index contributed by atoms with van der Waals surface area (Å²) < 4.78 is 7.54. The molecule has 1 aliphatic heterocycles. The number of aryl methyl sites for hydroxylation is 1. The fourth-order valence-corrected chi connectivity index (χ4v) is 2.12. The third-order valence-corrected chi connectivity index (χ3v) is 3.04. The Morgan fingerprint density at radius 2 is 2.35 bits per heavy atom. The van der Waals surface area contributed by atoms with Gasteiger partial charge >= 0.3 is 0 Å². The third-order valence-electron chi connectivity index (χ3n) is 3.04. The zero-order chi connectivity index (χ0) is 11.8. The van der Waals surface area contributed by atoms with Crippen LogP contribution in [0.4, 0.5) is 0 Å². The number of aliphatic hydroxyl groups is 1. The molecule has 2 aromatic heterocycles. The van der Waals surface area contributed by atoms with Crippen molar-refractivity contribution in [1.82, 2.24) is 25.0 Å². The van der Waals surface area contributed by atoms with Crippen LogP contribution in [0.5, 0.6) is 0 Å². The molecule has 1 N–H and O–H groups in total. The van der Waals surface area contributed by atoms with Gasteiger partial charge in [0.25, 0.3) is 0 Å². The largest absolute Gasteiger partial charge is 0.394 e. The summed E-state index contributed by atoms with van der Waals surface area (Å²) in [5, 5.41) is 20.6. The van der Waals surface area contributed by atoms with E-state index >= 15 is 0 Å². The van der Waals surface area contributed by atoms with Crippen molar-refractivity contribution in [1.29, 1.82) is 0 Å². The molecule has 0 radical (unpaired) electrons. The number of imidazole rings is 1. The average Bonchev–Trinajstić information content (AvgIpc) is 2.94. The van der Waals surface area contributed by atoms with Gasteiger partial charge in [0.05, 0.1) is 24.7 Å². The van der Waals surface area contributed by atoms with E-state index in [4.69, 9.17) is 9.84 Å². The monoisotopic (exact) mass is 235 g/mol. The average molecular weight is 235 g/mol. The quantitative estimate of drug-likeness (QED) is 0.800. The molecule has 7 heteroatoms. The summed E-state index contributed by atoms with van der Waals surface area (Å²) in [6, 6.07) is 0. The van der Waals surface area contributed by atoms with Gasteiger partial charge in [0.2, 0.25) is 0 Å². The van der Waals surface area contributed by atoms with Gasteiger partial charge in [-0.3, -0.25) is 4.57 Å². The minimum absolute atomic E-state index is 0.0510. The Labute approximate surface area is 97.4 Å². The third kappa shape index (κ3) is 1.67. The maximum Gasteiger partial charge on any atom is 0.188 e. The molecule has 0 aliphatic carbocycles. The molecule has 0 saturated carbocycles. The first-order valence-corrected chi connectivity index (χ1v) is 5.58. The lowest BCUT2D eigenvalue weighted by atomic mass is 10.2. The van der Waals surface area contributed by atoms with E-state index < -0.39 is 0 Å². The number of nitrogens with zero attached hydrogens (tertiary/aromatic N) is 5. The van der Waals surface area contributed by atoms with Gasteiger partial charge in [-0.05, 0) is 25.0 Å². The van der Waals surface area contributed by atoms with Crippen LogP contribution in [-0.4, -0.2) is 42.8 Å². The zero-order valence-electron chi connectivity index (χ0n) is 9.44. The van der Waals surface area contributed by atoms with Gasteiger partial charge in [0.1, 0.15) is 11.7 Å². The molecule has 0 spiro atoms. The predicted molar refractivity (Wildman–Crippen MR) is 58.1 cm³/mol. The Bertz CT molecular complexity index is 540. The highest BCUT2D eigenvalue weighted by Gasteiger charge is 2.27. The number of hydrogen-bond acceptors (Lipinski definition) is 6. The van der Waals surface area contributed by atoms with E-state index in [0.29, 0.717) is 5.65 Å². The molecule has 1 fully saturated rings. The second-order valence-electron chi connectivity index (χ2n) is 4.17. The summed E-state index contributed by atoms with van der Waals surface area (Å²) in [5.41, 5.74) is 2.18. The number of aromatic nitrogens is 5. The van der Waals surface area contributed by atoms with Crippen molar-refractivity contribution in [3.8, 4) is 0 Å². The van der Waals surface area contributed by atoms with Gasteiger partial charge in [-0.25, -0.2) is 4.98 Å². The highest BCUT2D eigenvalue weighted by molar-refractivity contribution is 5.72. The van der Waals surface area contributed by atoms with Crippen molar-refractivity contribution in [3.63, 3.8) is 0 Å². The van der Waals surface area contributed by atoms with Crippen LogP contribution in [0, 0.1) is 6.92 Å². The summed E-state index contributed by atoms with van der Waals surface area (Å²) in [6.45, 7) is 1.90. The van der Waals surface area contributed by atoms with E-state index in [1.54, 1.807) is 6.33 Å². The Balaban J connectivity index is 1.99. The van der Waals surface area contributed by atoms with Crippen molar-refractivity contribution >= 4 is 11.2 Å². The lowest BCUT2D eigenvalue weighted by Gasteiger charge is -2.13. The van der Waals surface area contributed by atoms with Gasteiger partial charge in [-0.2, -0.15) is 0 Å². The smallest absolute Gasteiger partial charge is 0.188 e. The van der Waals surface area contributed by atoms with Crippen LogP contribution < -0.4 is 0 Å². The van der Waals surface area contributed by atoms with Crippen LogP contribution >= 0.6 is 0 Å². The topological polar surface area (TPSA) is 86.0 Å². The maximum absolute atomic E-state index is 9.05. The normalized spacial score (nSPS) is 24.6. The van der Waals surface area contributed by atoms with Crippen LogP contribution in [-0.2, 0) is 4.74 Å². The lowest BCUT2D eigenvalue weighted by Crippen LogP contribution is -2.14. The second-order valence-corrected chi connectivity index (χ2v) is 4.17. The van der Waals surface area contributed by atoms with Crippen molar-refractivity contribution in [2.45, 2.75) is 32.1 Å². The molecular formula is C10H13N5O2. The molecule has 3 rings (SSSR count). The highest BCUT2D eigenvalue weighted by atomic mass is 16.5. The molecular weight excluding hydrogens is 222 g/mol.